The van der Waals surface area contributed by atoms with Crippen LogP contribution in [-0.4, -0.2) is 49.2 Å². The first-order valence-corrected chi connectivity index (χ1v) is 7.99. The van der Waals surface area contributed by atoms with Gasteiger partial charge in [0.2, 0.25) is 0 Å². The molecule has 1 aliphatic heterocycles. The molecule has 0 saturated carbocycles. The van der Waals surface area contributed by atoms with Crippen LogP contribution in [0.15, 0.2) is 54.9 Å². The van der Waals surface area contributed by atoms with Crippen LogP contribution in [0.5, 0.6) is 0 Å². The molecule has 1 aromatic heterocycles. The molecule has 1 saturated heterocycles. The van der Waals surface area contributed by atoms with Gasteiger partial charge in [-0.05, 0) is 29.8 Å². The first kappa shape index (κ1) is 15.0. The number of hydrogen-bond donors (Lipinski definition) is 1. The predicted octanol–water partition coefficient (Wildman–Crippen LogP) is 1.95. The van der Waals surface area contributed by atoms with E-state index in [4.69, 9.17) is 5.73 Å². The fraction of sp³-hybridized carbons (Fsp3) is 0.389. The number of hydrogen-bond acceptors (Lipinski definition) is 4. The van der Waals surface area contributed by atoms with Gasteiger partial charge in [0.15, 0.2) is 0 Å². The van der Waals surface area contributed by atoms with Crippen molar-refractivity contribution in [3.8, 4) is 0 Å². The maximum Gasteiger partial charge on any atom is 0.0367 e. The molecule has 0 amide bonds. The number of pyridine rings is 1. The molecule has 4 nitrogen and oxygen atoms in total. The van der Waals surface area contributed by atoms with Crippen LogP contribution in [0.1, 0.15) is 11.5 Å². The third-order valence-electron chi connectivity index (χ3n) is 4.43. The molecule has 116 valence electrons. The number of anilines is 1. The Balaban J connectivity index is 1.55. The van der Waals surface area contributed by atoms with Crippen LogP contribution in [0, 0.1) is 0 Å². The summed E-state index contributed by atoms with van der Waals surface area (Å²) < 4.78 is 0. The van der Waals surface area contributed by atoms with E-state index in [0.29, 0.717) is 12.5 Å². The van der Waals surface area contributed by atoms with Gasteiger partial charge >= 0.3 is 0 Å². The Labute approximate surface area is 132 Å². The van der Waals surface area contributed by atoms with Gasteiger partial charge in [-0.1, -0.05) is 18.2 Å². The molecule has 1 aromatic carbocycles. The van der Waals surface area contributed by atoms with E-state index < -0.39 is 0 Å². The number of aromatic nitrogens is 1. The van der Waals surface area contributed by atoms with E-state index in [2.05, 4.69) is 57.2 Å². The summed E-state index contributed by atoms with van der Waals surface area (Å²) in [5, 5.41) is 0. The Kier molecular flexibility index (Phi) is 5.03. The topological polar surface area (TPSA) is 45.4 Å². The lowest BCUT2D eigenvalue weighted by molar-refractivity contribution is 0.243. The molecule has 1 aliphatic rings. The minimum atomic E-state index is 0.395. The molecule has 2 N–H and O–H groups in total. The fourth-order valence-corrected chi connectivity index (χ4v) is 3.09. The molecule has 0 bridgehead atoms. The van der Waals surface area contributed by atoms with Gasteiger partial charge in [-0.3, -0.25) is 9.88 Å². The number of para-hydroxylation sites is 1. The Bertz CT molecular complexity index is 550. The lowest BCUT2D eigenvalue weighted by atomic mass is 9.99. The number of nitrogens with two attached hydrogens (primary N) is 1. The highest BCUT2D eigenvalue weighted by Crippen LogP contribution is 2.19. The number of piperazine rings is 1. The summed E-state index contributed by atoms with van der Waals surface area (Å²) in [5.74, 6) is 0.395. The van der Waals surface area contributed by atoms with Gasteiger partial charge in [0.1, 0.15) is 0 Å². The highest BCUT2D eigenvalue weighted by molar-refractivity contribution is 5.46. The van der Waals surface area contributed by atoms with Crippen molar-refractivity contribution >= 4 is 5.69 Å². The van der Waals surface area contributed by atoms with E-state index in [0.717, 1.165) is 32.7 Å². The Hall–Kier alpha value is -1.91. The van der Waals surface area contributed by atoms with Crippen LogP contribution in [0.3, 0.4) is 0 Å². The first-order valence-electron chi connectivity index (χ1n) is 7.99. The Morgan fingerprint density at radius 2 is 1.64 bits per heavy atom. The molecular formula is C18H24N4. The Morgan fingerprint density at radius 3 is 2.27 bits per heavy atom. The SMILES string of the molecule is NCC(CN1CCN(c2ccccc2)CC1)c1ccncc1. The van der Waals surface area contributed by atoms with Crippen LogP contribution in [0.4, 0.5) is 5.69 Å². The average molecular weight is 296 g/mol. The second kappa shape index (κ2) is 7.38. The molecule has 1 unspecified atom stereocenters. The molecule has 0 spiro atoms. The van der Waals surface area contributed by atoms with Gasteiger partial charge in [0.25, 0.3) is 0 Å². The maximum atomic E-state index is 5.98. The van der Waals surface area contributed by atoms with Crippen molar-refractivity contribution in [1.82, 2.24) is 9.88 Å². The van der Waals surface area contributed by atoms with Crippen molar-refractivity contribution in [2.45, 2.75) is 5.92 Å². The summed E-state index contributed by atoms with van der Waals surface area (Å²) in [5.41, 5.74) is 8.60. The zero-order valence-electron chi connectivity index (χ0n) is 12.9. The quantitative estimate of drug-likeness (QED) is 0.916. The van der Waals surface area contributed by atoms with Crippen LogP contribution in [0.2, 0.25) is 0 Å². The van der Waals surface area contributed by atoms with Crippen molar-refractivity contribution in [1.29, 1.82) is 0 Å². The lowest BCUT2D eigenvalue weighted by Crippen LogP contribution is -2.48. The molecule has 0 aliphatic carbocycles. The number of nitrogens with zero attached hydrogens (tertiary/aromatic N) is 3. The highest BCUT2D eigenvalue weighted by atomic mass is 15.3. The summed E-state index contributed by atoms with van der Waals surface area (Å²) in [6.07, 6.45) is 3.71. The van der Waals surface area contributed by atoms with E-state index in [-0.39, 0.29) is 0 Å². The first-order chi connectivity index (χ1) is 10.9. The number of benzene rings is 1. The van der Waals surface area contributed by atoms with Crippen LogP contribution < -0.4 is 10.6 Å². The van der Waals surface area contributed by atoms with E-state index in [9.17, 15) is 0 Å². The second-order valence-corrected chi connectivity index (χ2v) is 5.84. The molecule has 4 heteroatoms. The number of rotatable bonds is 5. The summed E-state index contributed by atoms with van der Waals surface area (Å²) in [7, 11) is 0. The van der Waals surface area contributed by atoms with Crippen molar-refractivity contribution in [3.63, 3.8) is 0 Å². The van der Waals surface area contributed by atoms with Crippen molar-refractivity contribution in [3.05, 3.63) is 60.4 Å². The monoisotopic (exact) mass is 296 g/mol. The van der Waals surface area contributed by atoms with E-state index in [1.807, 2.05) is 12.4 Å². The highest BCUT2D eigenvalue weighted by Gasteiger charge is 2.20. The zero-order chi connectivity index (χ0) is 15.2. The van der Waals surface area contributed by atoms with Gasteiger partial charge in [0, 0.05) is 63.3 Å². The molecule has 1 atom stereocenters. The fourth-order valence-electron chi connectivity index (χ4n) is 3.09. The normalized spacial score (nSPS) is 17.4. The maximum absolute atomic E-state index is 5.98. The minimum Gasteiger partial charge on any atom is -0.369 e. The molecular weight excluding hydrogens is 272 g/mol. The predicted molar refractivity (Wildman–Crippen MR) is 91.1 cm³/mol. The largest absolute Gasteiger partial charge is 0.369 e. The van der Waals surface area contributed by atoms with Gasteiger partial charge in [-0.25, -0.2) is 0 Å². The molecule has 1 fully saturated rings. The van der Waals surface area contributed by atoms with E-state index in [1.165, 1.54) is 11.3 Å². The van der Waals surface area contributed by atoms with Crippen LogP contribution >= 0.6 is 0 Å². The third kappa shape index (κ3) is 3.64. The molecule has 0 radical (unpaired) electrons. The lowest BCUT2D eigenvalue weighted by Gasteiger charge is -2.37. The van der Waals surface area contributed by atoms with Gasteiger partial charge < -0.3 is 10.6 Å². The van der Waals surface area contributed by atoms with Gasteiger partial charge in [0.05, 0.1) is 0 Å². The molecule has 22 heavy (non-hydrogen) atoms. The standard InChI is InChI=1S/C18H24N4/c19-14-17(16-6-8-20-9-7-16)15-21-10-12-22(13-11-21)18-4-2-1-3-5-18/h1-9,17H,10-15,19H2. The smallest absolute Gasteiger partial charge is 0.0367 e. The van der Waals surface area contributed by atoms with Gasteiger partial charge in [-0.15, -0.1) is 0 Å². The Morgan fingerprint density at radius 1 is 0.955 bits per heavy atom. The third-order valence-corrected chi connectivity index (χ3v) is 4.43. The van der Waals surface area contributed by atoms with Crippen molar-refractivity contribution in [2.24, 2.45) is 5.73 Å². The van der Waals surface area contributed by atoms with E-state index >= 15 is 0 Å². The summed E-state index contributed by atoms with van der Waals surface area (Å²) in [6, 6.07) is 14.8. The molecule has 2 aromatic rings. The summed E-state index contributed by atoms with van der Waals surface area (Å²) in [4.78, 5) is 9.08. The van der Waals surface area contributed by atoms with Crippen LogP contribution in [0.25, 0.3) is 0 Å². The van der Waals surface area contributed by atoms with Crippen molar-refractivity contribution in [2.75, 3.05) is 44.2 Å². The minimum absolute atomic E-state index is 0.395. The summed E-state index contributed by atoms with van der Waals surface area (Å²) >= 11 is 0. The second-order valence-electron chi connectivity index (χ2n) is 5.84. The average Bonchev–Trinajstić information content (AvgIpc) is 2.62. The van der Waals surface area contributed by atoms with Crippen LogP contribution in [-0.2, 0) is 0 Å². The zero-order valence-corrected chi connectivity index (χ0v) is 12.9. The van der Waals surface area contributed by atoms with E-state index in [1.54, 1.807) is 0 Å². The summed E-state index contributed by atoms with van der Waals surface area (Å²) in [6.45, 7) is 6.06. The van der Waals surface area contributed by atoms with Crippen molar-refractivity contribution < 1.29 is 0 Å². The molecule has 2 heterocycles. The van der Waals surface area contributed by atoms with Gasteiger partial charge in [-0.2, -0.15) is 0 Å². The molecule has 3 rings (SSSR count).